The van der Waals surface area contributed by atoms with E-state index in [0.29, 0.717) is 31.4 Å². The van der Waals surface area contributed by atoms with Gasteiger partial charge in [-0.15, -0.1) is 0 Å². The van der Waals surface area contributed by atoms with E-state index in [1.807, 2.05) is 19.1 Å². The molecule has 1 aliphatic heterocycles. The van der Waals surface area contributed by atoms with Gasteiger partial charge in [0.25, 0.3) is 0 Å². The molecule has 1 aromatic rings. The predicted molar refractivity (Wildman–Crippen MR) is 122 cm³/mol. The number of ether oxygens (including phenoxy) is 2. The zero-order valence-corrected chi connectivity index (χ0v) is 19.0. The second-order valence-corrected chi connectivity index (χ2v) is 8.16. The summed E-state index contributed by atoms with van der Waals surface area (Å²) in [7, 11) is 0. The number of rotatable bonds is 7. The third-order valence-electron chi connectivity index (χ3n) is 5.48. The molecule has 2 rings (SSSR count). The van der Waals surface area contributed by atoms with E-state index in [4.69, 9.17) is 9.47 Å². The number of alkyl carbamates (subject to hydrolysis) is 1. The molecular weight excluding hydrogens is 410 g/mol. The van der Waals surface area contributed by atoms with E-state index in [0.717, 1.165) is 19.3 Å². The molecule has 7 nitrogen and oxygen atoms in total. The van der Waals surface area contributed by atoms with Crippen molar-refractivity contribution in [3.05, 3.63) is 53.8 Å². The lowest BCUT2D eigenvalue weighted by Gasteiger charge is -2.24. The average Bonchev–Trinajstić information content (AvgIpc) is 2.76. The van der Waals surface area contributed by atoms with Gasteiger partial charge in [-0.25, -0.2) is 9.59 Å². The van der Waals surface area contributed by atoms with E-state index < -0.39 is 24.3 Å². The first kappa shape index (κ1) is 25.5. The molecule has 1 aliphatic rings. The molecule has 1 heterocycles. The molecule has 1 aromatic carbocycles. The van der Waals surface area contributed by atoms with Crippen molar-refractivity contribution in [1.82, 2.24) is 5.32 Å². The number of unbranched alkanes of at least 4 members (excludes halogenated alkanes) is 2. The third-order valence-corrected chi connectivity index (χ3v) is 5.48. The van der Waals surface area contributed by atoms with Crippen LogP contribution in [0.1, 0.15) is 68.3 Å². The smallest absolute Gasteiger partial charge is 0.411 e. The van der Waals surface area contributed by atoms with Gasteiger partial charge in [0.2, 0.25) is 0 Å². The van der Waals surface area contributed by atoms with Crippen LogP contribution < -0.4 is 5.32 Å². The third kappa shape index (κ3) is 8.38. The Kier molecular flexibility index (Phi) is 10.8. The van der Waals surface area contributed by atoms with Crippen LogP contribution >= 0.6 is 0 Å². The molecular formula is C25H35NO6. The number of hydrogen-bond acceptors (Lipinski definition) is 6. The molecule has 0 saturated heterocycles. The number of carbonyl (C=O) groups is 2. The number of phenolic OH excluding ortho intramolecular Hbond substituents is 1. The van der Waals surface area contributed by atoms with Crippen molar-refractivity contribution in [2.75, 3.05) is 6.61 Å². The normalized spacial score (nSPS) is 22.8. The van der Waals surface area contributed by atoms with Crippen molar-refractivity contribution in [2.45, 2.75) is 71.0 Å². The first-order valence-corrected chi connectivity index (χ1v) is 11.4. The summed E-state index contributed by atoms with van der Waals surface area (Å²) in [6, 6.07) is 4.94. The van der Waals surface area contributed by atoms with Gasteiger partial charge in [0.1, 0.15) is 17.4 Å². The Labute approximate surface area is 190 Å². The van der Waals surface area contributed by atoms with Gasteiger partial charge in [-0.2, -0.15) is 0 Å². The van der Waals surface area contributed by atoms with Crippen LogP contribution in [0.4, 0.5) is 4.79 Å². The van der Waals surface area contributed by atoms with E-state index in [9.17, 15) is 19.8 Å². The molecule has 3 N–H and O–H groups in total. The summed E-state index contributed by atoms with van der Waals surface area (Å²) in [5, 5.41) is 23.3. The Bertz CT molecular complexity index is 804. The topological polar surface area (TPSA) is 105 Å². The molecule has 0 spiro atoms. The fraction of sp³-hybridized carbons (Fsp3) is 0.520. The minimum Gasteiger partial charge on any atom is -0.507 e. The fourth-order valence-electron chi connectivity index (χ4n) is 3.48. The number of phenols is 1. The summed E-state index contributed by atoms with van der Waals surface area (Å²) < 4.78 is 10.7. The van der Waals surface area contributed by atoms with Crippen molar-refractivity contribution >= 4 is 12.1 Å². The summed E-state index contributed by atoms with van der Waals surface area (Å²) in [5.41, 5.74) is 0.824. The number of aliphatic hydroxyl groups is 1. The number of fused-ring (bicyclic) bond motifs is 1. The van der Waals surface area contributed by atoms with Gasteiger partial charge < -0.3 is 19.7 Å². The van der Waals surface area contributed by atoms with Gasteiger partial charge in [0.15, 0.2) is 0 Å². The first-order valence-electron chi connectivity index (χ1n) is 11.4. The van der Waals surface area contributed by atoms with Gasteiger partial charge >= 0.3 is 12.1 Å². The summed E-state index contributed by atoms with van der Waals surface area (Å²) in [5.74, 6) is -0.766. The van der Waals surface area contributed by atoms with Crippen molar-refractivity contribution in [1.29, 1.82) is 0 Å². The Balaban J connectivity index is 2.05. The molecule has 0 aromatic heterocycles. The summed E-state index contributed by atoms with van der Waals surface area (Å²) in [6.07, 6.45) is 9.82. The van der Waals surface area contributed by atoms with Crippen LogP contribution in [-0.4, -0.2) is 41.1 Å². The number of allylic oxidation sites excluding steroid dienone is 2. The highest BCUT2D eigenvalue weighted by Gasteiger charge is 2.25. The van der Waals surface area contributed by atoms with E-state index in [-0.39, 0.29) is 23.7 Å². The monoisotopic (exact) mass is 445 g/mol. The van der Waals surface area contributed by atoms with Gasteiger partial charge in [-0.1, -0.05) is 57.0 Å². The molecule has 32 heavy (non-hydrogen) atoms. The number of amides is 1. The van der Waals surface area contributed by atoms with Crippen molar-refractivity contribution < 1.29 is 29.3 Å². The van der Waals surface area contributed by atoms with Crippen molar-refractivity contribution in [2.24, 2.45) is 5.92 Å². The number of aliphatic hydroxyl groups excluding tert-OH is 1. The first-order chi connectivity index (χ1) is 15.4. The van der Waals surface area contributed by atoms with Crippen LogP contribution in [0, 0.1) is 5.92 Å². The Hall–Kier alpha value is -2.80. The van der Waals surface area contributed by atoms with Crippen LogP contribution in [0.5, 0.6) is 5.75 Å². The number of aromatic hydroxyl groups is 1. The molecule has 0 aliphatic carbocycles. The van der Waals surface area contributed by atoms with Gasteiger partial charge in [0.05, 0.1) is 12.7 Å². The second-order valence-electron chi connectivity index (χ2n) is 8.16. The molecule has 7 heteroatoms. The van der Waals surface area contributed by atoms with Crippen LogP contribution in [-0.2, 0) is 15.9 Å². The fourth-order valence-corrected chi connectivity index (χ4v) is 3.48. The predicted octanol–water partition coefficient (Wildman–Crippen LogP) is 4.63. The number of benzene rings is 1. The lowest BCUT2D eigenvalue weighted by molar-refractivity contribution is 0.00678. The van der Waals surface area contributed by atoms with E-state index in [1.54, 1.807) is 18.2 Å². The van der Waals surface area contributed by atoms with Gasteiger partial charge in [0, 0.05) is 19.0 Å². The Morgan fingerprint density at radius 1 is 1.31 bits per heavy atom. The molecule has 0 bridgehead atoms. The minimum atomic E-state index is -0.661. The number of carbonyl (C=O) groups excluding carboxylic acids is 2. The zero-order valence-electron chi connectivity index (χ0n) is 19.0. The van der Waals surface area contributed by atoms with Gasteiger partial charge in [-0.3, -0.25) is 5.32 Å². The molecule has 0 radical (unpaired) electrons. The largest absolute Gasteiger partial charge is 0.507 e. The van der Waals surface area contributed by atoms with Crippen molar-refractivity contribution in [3.63, 3.8) is 0 Å². The SMILES string of the molecule is CCCCCOC(=O)N/C=C/CC1CC(O)C(C)C/C=C\Cc2cccc(O)c2C(=O)O1. The average molecular weight is 446 g/mol. The van der Waals surface area contributed by atoms with E-state index in [2.05, 4.69) is 12.2 Å². The molecule has 0 saturated carbocycles. The lowest BCUT2D eigenvalue weighted by Crippen LogP contribution is -2.28. The molecule has 3 unspecified atom stereocenters. The quantitative estimate of drug-likeness (QED) is 0.321. The maximum absolute atomic E-state index is 12.9. The van der Waals surface area contributed by atoms with E-state index >= 15 is 0 Å². The maximum atomic E-state index is 12.9. The number of nitrogens with one attached hydrogen (secondary N) is 1. The van der Waals surface area contributed by atoms with Crippen LogP contribution in [0.3, 0.4) is 0 Å². The Morgan fingerprint density at radius 2 is 2.12 bits per heavy atom. The summed E-state index contributed by atoms with van der Waals surface area (Å²) in [6.45, 7) is 4.40. The summed E-state index contributed by atoms with van der Waals surface area (Å²) in [4.78, 5) is 24.5. The number of cyclic esters (lactones) is 1. The minimum absolute atomic E-state index is 0.00396. The van der Waals surface area contributed by atoms with Crippen LogP contribution in [0.25, 0.3) is 0 Å². The van der Waals surface area contributed by atoms with Crippen LogP contribution in [0.2, 0.25) is 0 Å². The molecule has 0 fully saturated rings. The maximum Gasteiger partial charge on any atom is 0.411 e. The highest BCUT2D eigenvalue weighted by atomic mass is 16.5. The second kappa shape index (κ2) is 13.6. The van der Waals surface area contributed by atoms with Gasteiger partial charge in [-0.05, 0) is 36.8 Å². The molecule has 1 amide bonds. The highest BCUT2D eigenvalue weighted by Crippen LogP contribution is 2.26. The standard InChI is InChI=1S/C25H35NO6/c1-3-4-7-16-31-25(30)26-15-9-13-20-17-22(28)18(2)10-5-6-11-19-12-8-14-21(27)23(19)24(29)32-20/h5-6,8-9,12,14-15,18,20,22,27-28H,3-4,7,10-11,13,16-17H2,1-2H3,(H,26,30)/b6-5-,15-9+. The Morgan fingerprint density at radius 3 is 2.91 bits per heavy atom. The van der Waals surface area contributed by atoms with E-state index in [1.165, 1.54) is 12.3 Å². The summed E-state index contributed by atoms with van der Waals surface area (Å²) >= 11 is 0. The highest BCUT2D eigenvalue weighted by molar-refractivity contribution is 5.94. The van der Waals surface area contributed by atoms with Crippen molar-refractivity contribution in [3.8, 4) is 5.75 Å². The molecule has 3 atom stereocenters. The number of esters is 1. The number of hydrogen-bond donors (Lipinski definition) is 3. The lowest BCUT2D eigenvalue weighted by atomic mass is 9.94. The molecule has 176 valence electrons. The zero-order chi connectivity index (χ0) is 23.3. The van der Waals surface area contributed by atoms with Crippen LogP contribution in [0.15, 0.2) is 42.6 Å².